The van der Waals surface area contributed by atoms with E-state index in [4.69, 9.17) is 27.9 Å². The molecule has 0 radical (unpaired) electrons. The van der Waals surface area contributed by atoms with Crippen molar-refractivity contribution in [3.05, 3.63) is 61.5 Å². The summed E-state index contributed by atoms with van der Waals surface area (Å²) < 4.78 is 56.9. The number of nitro groups is 1. The quantitative estimate of drug-likeness (QED) is 0.215. The van der Waals surface area contributed by atoms with Crippen LogP contribution < -0.4 is 10.1 Å². The third-order valence-corrected chi connectivity index (χ3v) is 4.01. The lowest BCUT2D eigenvalue weighted by Gasteiger charge is -2.12. The molecule has 1 aromatic heterocycles. The lowest BCUT2D eigenvalue weighted by Crippen LogP contribution is -2.26. The number of hydrogen-bond donors (Lipinski definition) is 1. The van der Waals surface area contributed by atoms with Gasteiger partial charge in [-0.2, -0.15) is 18.2 Å². The number of carbonyl (C=O) groups is 1. The molecule has 0 unspecified atom stereocenters. The number of carbonyl (C=O) groups excluding carboxylic acids is 1. The predicted octanol–water partition coefficient (Wildman–Crippen LogP) is 4.65. The van der Waals surface area contributed by atoms with Gasteiger partial charge in [-0.1, -0.05) is 23.2 Å². The van der Waals surface area contributed by atoms with Crippen LogP contribution in [0, 0.1) is 15.9 Å². The zero-order valence-corrected chi connectivity index (χ0v) is 15.7. The van der Waals surface area contributed by atoms with Crippen LogP contribution in [0.25, 0.3) is 0 Å². The first-order chi connectivity index (χ1) is 13.5. The van der Waals surface area contributed by atoms with Crippen molar-refractivity contribution >= 4 is 34.8 Å². The predicted molar refractivity (Wildman–Crippen MR) is 94.8 cm³/mol. The number of aromatic nitrogens is 1. The fraction of sp³-hybridized carbons (Fsp3) is 0.250. The van der Waals surface area contributed by atoms with Gasteiger partial charge in [0.15, 0.2) is 0 Å². The molecule has 1 heterocycles. The molecule has 0 saturated heterocycles. The van der Waals surface area contributed by atoms with Crippen LogP contribution >= 0.6 is 23.2 Å². The van der Waals surface area contributed by atoms with Gasteiger partial charge in [0, 0.05) is 18.7 Å². The number of amides is 1. The monoisotopic (exact) mass is 455 g/mol. The van der Waals surface area contributed by atoms with Gasteiger partial charge in [0.05, 0.1) is 22.7 Å². The Balaban J connectivity index is 1.89. The van der Waals surface area contributed by atoms with E-state index in [1.165, 1.54) is 0 Å². The molecule has 0 aliphatic heterocycles. The topological polar surface area (TPSA) is 94.4 Å². The largest absolute Gasteiger partial charge is 0.477 e. The number of non-ortho nitro benzene ring substituents is 1. The molecule has 2 aromatic rings. The zero-order chi connectivity index (χ0) is 21.8. The number of nitrogens with zero attached hydrogens (tertiary/aromatic N) is 2. The number of rotatable bonds is 7. The molecular formula is C16H11Cl2F4N3O4. The zero-order valence-electron chi connectivity index (χ0n) is 14.2. The van der Waals surface area contributed by atoms with E-state index in [-0.39, 0.29) is 25.5 Å². The van der Waals surface area contributed by atoms with E-state index in [2.05, 4.69) is 10.3 Å². The SMILES string of the molecule is O=C(NCCCOc1nc(Cl)c(C(F)(F)F)cc1Cl)c1cc([N+](=O)[O-])ccc1F. The molecule has 13 heteroatoms. The fourth-order valence-electron chi connectivity index (χ4n) is 2.09. The molecule has 0 atom stereocenters. The van der Waals surface area contributed by atoms with E-state index >= 15 is 0 Å². The normalized spacial score (nSPS) is 11.2. The highest BCUT2D eigenvalue weighted by molar-refractivity contribution is 6.33. The molecule has 0 spiro atoms. The van der Waals surface area contributed by atoms with Crippen molar-refractivity contribution in [1.29, 1.82) is 0 Å². The first-order valence-corrected chi connectivity index (χ1v) is 8.54. The van der Waals surface area contributed by atoms with Crippen LogP contribution in [0.4, 0.5) is 23.2 Å². The van der Waals surface area contributed by atoms with Gasteiger partial charge in [-0.25, -0.2) is 4.39 Å². The molecule has 2 rings (SSSR count). The third kappa shape index (κ3) is 5.91. The Bertz CT molecular complexity index is 941. The number of hydrogen-bond acceptors (Lipinski definition) is 5. The van der Waals surface area contributed by atoms with Crippen molar-refractivity contribution in [2.75, 3.05) is 13.2 Å². The number of nitrogens with one attached hydrogen (secondary N) is 1. The second-order valence-electron chi connectivity index (χ2n) is 5.49. The smallest absolute Gasteiger partial charge is 0.419 e. The minimum atomic E-state index is -4.72. The number of halogens is 6. The second kappa shape index (κ2) is 9.23. The second-order valence-corrected chi connectivity index (χ2v) is 6.26. The highest BCUT2D eigenvalue weighted by atomic mass is 35.5. The minimum Gasteiger partial charge on any atom is -0.477 e. The maximum atomic E-state index is 13.7. The lowest BCUT2D eigenvalue weighted by atomic mass is 10.1. The molecule has 1 aromatic carbocycles. The van der Waals surface area contributed by atoms with Crippen LogP contribution in [-0.2, 0) is 6.18 Å². The van der Waals surface area contributed by atoms with Crippen LogP contribution in [0.5, 0.6) is 5.88 Å². The molecule has 1 amide bonds. The van der Waals surface area contributed by atoms with Crippen LogP contribution in [0.2, 0.25) is 10.2 Å². The van der Waals surface area contributed by atoms with E-state index in [1.54, 1.807) is 0 Å². The number of pyridine rings is 1. The summed E-state index contributed by atoms with van der Waals surface area (Å²) >= 11 is 11.2. The van der Waals surface area contributed by atoms with Crippen molar-refractivity contribution in [2.24, 2.45) is 0 Å². The summed E-state index contributed by atoms with van der Waals surface area (Å²) in [6.45, 7) is -0.126. The van der Waals surface area contributed by atoms with Crippen LogP contribution in [0.15, 0.2) is 24.3 Å². The van der Waals surface area contributed by atoms with Gasteiger partial charge in [0.1, 0.15) is 16.0 Å². The van der Waals surface area contributed by atoms with Crippen LogP contribution in [0.1, 0.15) is 22.3 Å². The van der Waals surface area contributed by atoms with Gasteiger partial charge in [-0.15, -0.1) is 0 Å². The molecule has 156 valence electrons. The summed E-state index contributed by atoms with van der Waals surface area (Å²) in [7, 11) is 0. The van der Waals surface area contributed by atoms with Crippen molar-refractivity contribution in [3.8, 4) is 5.88 Å². The van der Waals surface area contributed by atoms with E-state index in [9.17, 15) is 32.5 Å². The van der Waals surface area contributed by atoms with E-state index in [0.29, 0.717) is 6.07 Å². The van der Waals surface area contributed by atoms with Crippen molar-refractivity contribution in [1.82, 2.24) is 10.3 Å². The summed E-state index contributed by atoms with van der Waals surface area (Å²) in [5, 5.41) is 11.8. The summed E-state index contributed by atoms with van der Waals surface area (Å²) in [6.07, 6.45) is -4.57. The molecule has 1 N–H and O–H groups in total. The van der Waals surface area contributed by atoms with Crippen molar-refractivity contribution in [3.63, 3.8) is 0 Å². The molecule has 0 fully saturated rings. The third-order valence-electron chi connectivity index (χ3n) is 3.45. The Morgan fingerprint density at radius 3 is 2.59 bits per heavy atom. The number of alkyl halides is 3. The maximum absolute atomic E-state index is 13.7. The summed E-state index contributed by atoms with van der Waals surface area (Å²) in [5.41, 5.74) is -2.15. The highest BCUT2D eigenvalue weighted by Gasteiger charge is 2.35. The van der Waals surface area contributed by atoms with Gasteiger partial charge in [0.25, 0.3) is 11.6 Å². The van der Waals surface area contributed by atoms with Gasteiger partial charge in [-0.3, -0.25) is 14.9 Å². The number of ether oxygens (including phenoxy) is 1. The molecule has 7 nitrogen and oxygen atoms in total. The molecular weight excluding hydrogens is 445 g/mol. The molecule has 29 heavy (non-hydrogen) atoms. The van der Waals surface area contributed by atoms with Gasteiger partial charge in [0.2, 0.25) is 5.88 Å². The molecule has 0 saturated carbocycles. The Kier molecular flexibility index (Phi) is 7.20. The van der Waals surface area contributed by atoms with Gasteiger partial charge < -0.3 is 10.1 Å². The Labute approximate surface area is 170 Å². The van der Waals surface area contributed by atoms with Crippen LogP contribution in [0.3, 0.4) is 0 Å². The van der Waals surface area contributed by atoms with E-state index < -0.39 is 49.8 Å². The molecule has 0 bridgehead atoms. The fourth-order valence-corrected chi connectivity index (χ4v) is 2.53. The Morgan fingerprint density at radius 2 is 1.97 bits per heavy atom. The van der Waals surface area contributed by atoms with Gasteiger partial charge in [-0.05, 0) is 18.6 Å². The number of nitro benzene ring substituents is 1. The maximum Gasteiger partial charge on any atom is 0.419 e. The van der Waals surface area contributed by atoms with Crippen LogP contribution in [-0.4, -0.2) is 29.0 Å². The van der Waals surface area contributed by atoms with Crippen molar-refractivity contribution in [2.45, 2.75) is 12.6 Å². The Hall–Kier alpha value is -2.66. The lowest BCUT2D eigenvalue weighted by molar-refractivity contribution is -0.384. The molecule has 0 aliphatic carbocycles. The minimum absolute atomic E-state index is 0.0209. The first kappa shape index (κ1) is 22.6. The van der Waals surface area contributed by atoms with E-state index in [0.717, 1.165) is 18.2 Å². The standard InChI is InChI=1S/C16H11Cl2F4N3O4/c17-11-7-10(16(20,21)22)13(18)24-15(11)29-5-1-4-23-14(26)9-6-8(25(27)28)2-3-12(9)19/h2-3,6-7H,1,4-5H2,(H,23,26). The molecule has 0 aliphatic rings. The summed E-state index contributed by atoms with van der Waals surface area (Å²) in [4.78, 5) is 25.3. The average Bonchev–Trinajstić information content (AvgIpc) is 2.62. The summed E-state index contributed by atoms with van der Waals surface area (Å²) in [6, 6.07) is 3.11. The summed E-state index contributed by atoms with van der Waals surface area (Å²) in [5.74, 6) is -2.12. The Morgan fingerprint density at radius 1 is 1.28 bits per heavy atom. The van der Waals surface area contributed by atoms with E-state index in [1.807, 2.05) is 0 Å². The van der Waals surface area contributed by atoms with Crippen molar-refractivity contribution < 1.29 is 32.0 Å². The first-order valence-electron chi connectivity index (χ1n) is 7.79. The number of benzene rings is 1. The average molecular weight is 456 g/mol. The highest BCUT2D eigenvalue weighted by Crippen LogP contribution is 2.37. The van der Waals surface area contributed by atoms with Gasteiger partial charge >= 0.3 is 6.18 Å².